The Kier molecular flexibility index (Phi) is 3.18. The van der Waals surface area contributed by atoms with Crippen LogP contribution in [0.3, 0.4) is 0 Å². The van der Waals surface area contributed by atoms with Gasteiger partial charge in [-0.3, -0.25) is 4.72 Å². The molecule has 0 saturated heterocycles. The average Bonchev–Trinajstić information content (AvgIpc) is 1.95. The van der Waals surface area contributed by atoms with Crippen molar-refractivity contribution in [1.82, 2.24) is 0 Å². The van der Waals surface area contributed by atoms with Gasteiger partial charge >= 0.3 is 0 Å². The van der Waals surface area contributed by atoms with Crippen LogP contribution in [0.1, 0.15) is 11.1 Å². The largest absolute Gasteiger partial charge is 0.296 e. The number of nitrogens with two attached hydrogens (primary N) is 1. The van der Waals surface area contributed by atoms with Crippen LogP contribution in [0.5, 0.6) is 0 Å². The van der Waals surface area contributed by atoms with E-state index in [0.717, 1.165) is 11.1 Å². The second kappa shape index (κ2) is 3.88. The molecule has 0 heterocycles. The highest BCUT2D eigenvalue weighted by Crippen LogP contribution is 2.27. The molecule has 78 valence electrons. The smallest absolute Gasteiger partial charge is 0.270 e. The van der Waals surface area contributed by atoms with Gasteiger partial charge in [-0.15, -0.1) is 0 Å². The van der Waals surface area contributed by atoms with E-state index in [2.05, 4.69) is 20.7 Å². The summed E-state index contributed by atoms with van der Waals surface area (Å²) in [6.07, 6.45) is 0. The maximum absolute atomic E-state index is 10.8. The lowest BCUT2D eigenvalue weighted by molar-refractivity contribution is 0.603. The Labute approximate surface area is 91.8 Å². The predicted octanol–water partition coefficient (Wildman–Crippen LogP) is 1.68. The van der Waals surface area contributed by atoms with Gasteiger partial charge in [0.25, 0.3) is 10.2 Å². The minimum Gasteiger partial charge on any atom is -0.270 e. The minimum absolute atomic E-state index is 0.484. The molecule has 0 bridgehead atoms. The lowest BCUT2D eigenvalue weighted by Crippen LogP contribution is -2.22. The molecule has 0 unspecified atom stereocenters. The van der Waals surface area contributed by atoms with E-state index in [1.165, 1.54) is 0 Å². The molecule has 0 amide bonds. The van der Waals surface area contributed by atoms with Gasteiger partial charge in [-0.25, -0.2) is 5.14 Å². The Morgan fingerprint density at radius 3 is 2.36 bits per heavy atom. The van der Waals surface area contributed by atoms with Crippen molar-refractivity contribution in [2.24, 2.45) is 5.14 Å². The molecule has 0 saturated carbocycles. The van der Waals surface area contributed by atoms with Crippen molar-refractivity contribution in [2.45, 2.75) is 13.8 Å². The number of hydrogen-bond acceptors (Lipinski definition) is 2. The SMILES string of the molecule is Cc1cc(C)c(NS(N)(=O)=O)c(Br)c1. The Balaban J connectivity index is 3.22. The summed E-state index contributed by atoms with van der Waals surface area (Å²) in [6.45, 7) is 3.74. The van der Waals surface area contributed by atoms with Crippen molar-refractivity contribution < 1.29 is 8.42 Å². The van der Waals surface area contributed by atoms with Gasteiger partial charge in [0.1, 0.15) is 0 Å². The van der Waals surface area contributed by atoms with E-state index in [-0.39, 0.29) is 0 Å². The summed E-state index contributed by atoms with van der Waals surface area (Å²) in [4.78, 5) is 0. The van der Waals surface area contributed by atoms with Gasteiger partial charge in [0.05, 0.1) is 5.69 Å². The van der Waals surface area contributed by atoms with Crippen LogP contribution in [0, 0.1) is 13.8 Å². The molecule has 14 heavy (non-hydrogen) atoms. The molecule has 1 aromatic rings. The highest BCUT2D eigenvalue weighted by molar-refractivity contribution is 9.10. The third-order valence-electron chi connectivity index (χ3n) is 1.68. The number of halogens is 1. The van der Waals surface area contributed by atoms with Crippen molar-refractivity contribution in [3.8, 4) is 0 Å². The van der Waals surface area contributed by atoms with Crippen LogP contribution in [-0.2, 0) is 10.2 Å². The summed E-state index contributed by atoms with van der Waals surface area (Å²) in [5, 5.41) is 4.88. The fourth-order valence-corrected chi connectivity index (χ4v) is 2.65. The van der Waals surface area contributed by atoms with Crippen LogP contribution in [0.4, 0.5) is 5.69 Å². The molecule has 1 rings (SSSR count). The predicted molar refractivity (Wildman–Crippen MR) is 60.3 cm³/mol. The van der Waals surface area contributed by atoms with Crippen LogP contribution < -0.4 is 9.86 Å². The minimum atomic E-state index is -3.72. The topological polar surface area (TPSA) is 72.2 Å². The van der Waals surface area contributed by atoms with Gasteiger partial charge in [-0.1, -0.05) is 6.07 Å². The molecule has 0 spiro atoms. The Bertz CT molecular complexity index is 433. The molecule has 1 aromatic carbocycles. The number of hydrogen-bond donors (Lipinski definition) is 2. The molecule has 6 heteroatoms. The van der Waals surface area contributed by atoms with Gasteiger partial charge in [-0.2, -0.15) is 8.42 Å². The molecular weight excluding hydrogens is 268 g/mol. The zero-order valence-corrected chi connectivity index (χ0v) is 10.2. The molecule has 3 N–H and O–H groups in total. The van der Waals surface area contributed by atoms with Crippen LogP contribution in [0.2, 0.25) is 0 Å². The normalized spacial score (nSPS) is 11.4. The lowest BCUT2D eigenvalue weighted by Gasteiger charge is -2.10. The number of rotatable bonds is 2. The van der Waals surface area contributed by atoms with Gasteiger partial charge < -0.3 is 0 Å². The highest BCUT2D eigenvalue weighted by atomic mass is 79.9. The van der Waals surface area contributed by atoms with E-state index < -0.39 is 10.2 Å². The van der Waals surface area contributed by atoms with E-state index in [1.54, 1.807) is 0 Å². The second-order valence-corrected chi connectivity index (χ2v) is 5.23. The first-order valence-electron chi connectivity index (χ1n) is 3.87. The fraction of sp³-hybridized carbons (Fsp3) is 0.250. The number of aryl methyl sites for hydroxylation is 2. The summed E-state index contributed by atoms with van der Waals surface area (Å²) in [7, 11) is -3.72. The summed E-state index contributed by atoms with van der Waals surface area (Å²) in [5.41, 5.74) is 2.36. The summed E-state index contributed by atoms with van der Waals surface area (Å²) < 4.78 is 24.6. The first kappa shape index (κ1) is 11.5. The number of anilines is 1. The zero-order valence-electron chi connectivity index (χ0n) is 7.83. The van der Waals surface area contributed by atoms with Gasteiger partial charge in [0.2, 0.25) is 0 Å². The van der Waals surface area contributed by atoms with Gasteiger partial charge in [-0.05, 0) is 47.0 Å². The maximum Gasteiger partial charge on any atom is 0.296 e. The van der Waals surface area contributed by atoms with Crippen molar-refractivity contribution in [3.05, 3.63) is 27.7 Å². The number of benzene rings is 1. The van der Waals surface area contributed by atoms with Gasteiger partial charge in [0, 0.05) is 4.47 Å². The molecule has 0 radical (unpaired) electrons. The summed E-state index contributed by atoms with van der Waals surface area (Å²) in [5.74, 6) is 0. The first-order chi connectivity index (χ1) is 6.29. The molecule has 0 aromatic heterocycles. The third-order valence-corrected chi connectivity index (χ3v) is 2.79. The fourth-order valence-electron chi connectivity index (χ4n) is 1.19. The average molecular weight is 279 g/mol. The monoisotopic (exact) mass is 278 g/mol. The van der Waals surface area contributed by atoms with Gasteiger partial charge in [0.15, 0.2) is 0 Å². The summed E-state index contributed by atoms with van der Waals surface area (Å²) >= 11 is 3.27. The lowest BCUT2D eigenvalue weighted by atomic mass is 10.1. The second-order valence-electron chi connectivity index (χ2n) is 3.09. The molecule has 0 atom stereocenters. The highest BCUT2D eigenvalue weighted by Gasteiger charge is 2.09. The molecule has 4 nitrogen and oxygen atoms in total. The van der Waals surface area contributed by atoms with Crippen LogP contribution in [0.25, 0.3) is 0 Å². The Morgan fingerprint density at radius 1 is 1.36 bits per heavy atom. The maximum atomic E-state index is 10.8. The first-order valence-corrected chi connectivity index (χ1v) is 6.21. The summed E-state index contributed by atoms with van der Waals surface area (Å²) in [6, 6.07) is 3.69. The van der Waals surface area contributed by atoms with Crippen molar-refractivity contribution in [3.63, 3.8) is 0 Å². The molecule has 0 aliphatic carbocycles. The van der Waals surface area contributed by atoms with Crippen LogP contribution >= 0.6 is 15.9 Å². The van der Waals surface area contributed by atoms with E-state index >= 15 is 0 Å². The van der Waals surface area contributed by atoms with E-state index in [4.69, 9.17) is 5.14 Å². The van der Waals surface area contributed by atoms with E-state index in [1.807, 2.05) is 26.0 Å². The third kappa shape index (κ3) is 2.97. The van der Waals surface area contributed by atoms with Crippen molar-refractivity contribution in [1.29, 1.82) is 0 Å². The van der Waals surface area contributed by atoms with Crippen molar-refractivity contribution >= 4 is 31.8 Å². The molecule has 0 aliphatic rings. The van der Waals surface area contributed by atoms with E-state index in [9.17, 15) is 8.42 Å². The quantitative estimate of drug-likeness (QED) is 0.864. The van der Waals surface area contributed by atoms with E-state index in [0.29, 0.717) is 10.2 Å². The number of nitrogens with one attached hydrogen (secondary N) is 1. The zero-order chi connectivity index (χ0) is 10.9. The molecular formula is C8H11BrN2O2S. The Hall–Kier alpha value is -0.590. The van der Waals surface area contributed by atoms with Crippen LogP contribution in [-0.4, -0.2) is 8.42 Å². The van der Waals surface area contributed by atoms with Crippen LogP contribution in [0.15, 0.2) is 16.6 Å². The van der Waals surface area contributed by atoms with Crippen molar-refractivity contribution in [2.75, 3.05) is 4.72 Å². The molecule has 0 fully saturated rings. The standard InChI is InChI=1S/C8H11BrN2O2S/c1-5-3-6(2)8(7(9)4-5)11-14(10,12)13/h3-4,11H,1-2H3,(H2,10,12,13). The Morgan fingerprint density at radius 2 is 1.93 bits per heavy atom. The molecule has 0 aliphatic heterocycles.